The first kappa shape index (κ1) is 12.4. The van der Waals surface area contributed by atoms with E-state index in [1.54, 1.807) is 0 Å². The molecule has 1 amide bonds. The van der Waals surface area contributed by atoms with Gasteiger partial charge in [0.2, 0.25) is 0 Å². The molecule has 0 atom stereocenters. The Morgan fingerprint density at radius 1 is 1.59 bits per heavy atom. The van der Waals surface area contributed by atoms with Gasteiger partial charge in [0, 0.05) is 6.07 Å². The van der Waals surface area contributed by atoms with Gasteiger partial charge in [0.05, 0.1) is 23.8 Å². The van der Waals surface area contributed by atoms with Crippen LogP contribution in [0.25, 0.3) is 0 Å². The van der Waals surface area contributed by atoms with Crippen molar-refractivity contribution in [2.45, 2.75) is 0 Å². The number of rotatable bonds is 3. The van der Waals surface area contributed by atoms with Crippen LogP contribution in [-0.4, -0.2) is 24.3 Å². The monoisotopic (exact) mass is 238 g/mol. The molecule has 0 aliphatic carbocycles. The summed E-state index contributed by atoms with van der Waals surface area (Å²) in [5.41, 5.74) is 1.67. The van der Waals surface area contributed by atoms with E-state index in [4.69, 9.17) is 0 Å². The van der Waals surface area contributed by atoms with Crippen LogP contribution in [0.5, 0.6) is 5.75 Å². The fourth-order valence-corrected chi connectivity index (χ4v) is 1.00. The minimum atomic E-state index is -0.817. The minimum Gasteiger partial charge on any atom is -0.872 e. The van der Waals surface area contributed by atoms with Gasteiger partial charge in [0.25, 0.3) is 5.69 Å². The molecule has 0 heterocycles. The highest BCUT2D eigenvalue weighted by Gasteiger charge is 2.10. The first-order valence-corrected chi connectivity index (χ1v) is 4.37. The molecule has 0 unspecified atom stereocenters. The van der Waals surface area contributed by atoms with E-state index >= 15 is 0 Å². The molecule has 1 N–H and O–H groups in total. The molecule has 8 nitrogen and oxygen atoms in total. The molecule has 0 saturated carbocycles. The Labute approximate surface area is 95.7 Å². The summed E-state index contributed by atoms with van der Waals surface area (Å²) in [6, 6.07) is 3.19. The Hall–Kier alpha value is -2.64. The number of benzene rings is 1. The molecule has 0 aliphatic rings. The van der Waals surface area contributed by atoms with Crippen LogP contribution in [0.1, 0.15) is 5.56 Å². The fourth-order valence-electron chi connectivity index (χ4n) is 1.00. The van der Waals surface area contributed by atoms with E-state index in [2.05, 4.69) is 9.84 Å². The normalized spacial score (nSPS) is 10.2. The van der Waals surface area contributed by atoms with Crippen molar-refractivity contribution >= 4 is 18.0 Å². The summed E-state index contributed by atoms with van der Waals surface area (Å²) in [5, 5.41) is 25.0. The number of nitrogens with one attached hydrogen (secondary N) is 1. The summed E-state index contributed by atoms with van der Waals surface area (Å²) < 4.78 is 4.23. The predicted molar refractivity (Wildman–Crippen MR) is 55.7 cm³/mol. The first-order chi connectivity index (χ1) is 8.04. The highest BCUT2D eigenvalue weighted by atomic mass is 16.6. The summed E-state index contributed by atoms with van der Waals surface area (Å²) in [6.45, 7) is 0. The molecule has 0 aliphatic heterocycles. The van der Waals surface area contributed by atoms with Gasteiger partial charge in [0.15, 0.2) is 0 Å². The summed E-state index contributed by atoms with van der Waals surface area (Å²) in [5.74, 6) is -0.393. The number of carbonyl (C=O) groups is 1. The van der Waals surface area contributed by atoms with E-state index in [-0.39, 0.29) is 11.3 Å². The van der Waals surface area contributed by atoms with Crippen molar-refractivity contribution in [3.05, 3.63) is 33.9 Å². The van der Waals surface area contributed by atoms with Crippen molar-refractivity contribution in [2.24, 2.45) is 5.10 Å². The lowest BCUT2D eigenvalue weighted by Crippen LogP contribution is -2.16. The number of methoxy groups -OCH3 is 1. The van der Waals surface area contributed by atoms with Crippen LogP contribution >= 0.6 is 0 Å². The van der Waals surface area contributed by atoms with Gasteiger partial charge in [-0.05, 0) is 0 Å². The molecule has 0 saturated heterocycles. The van der Waals surface area contributed by atoms with Gasteiger partial charge in [-0.1, -0.05) is 12.1 Å². The molecule has 90 valence electrons. The van der Waals surface area contributed by atoms with Gasteiger partial charge in [-0.3, -0.25) is 10.1 Å². The largest absolute Gasteiger partial charge is 0.872 e. The minimum absolute atomic E-state index is 0.00102. The number of nitro benzene ring substituents is 1. The SMILES string of the molecule is COC(=O)N/N=C\c1cc([O-])ccc1[N+](=O)[O-]. The molecule has 0 aromatic heterocycles. The van der Waals surface area contributed by atoms with Gasteiger partial charge in [-0.2, -0.15) is 5.10 Å². The average molecular weight is 238 g/mol. The highest BCUT2D eigenvalue weighted by molar-refractivity contribution is 5.86. The van der Waals surface area contributed by atoms with Crippen molar-refractivity contribution in [1.29, 1.82) is 0 Å². The van der Waals surface area contributed by atoms with Crippen molar-refractivity contribution in [3.8, 4) is 5.75 Å². The van der Waals surface area contributed by atoms with Crippen LogP contribution in [0.15, 0.2) is 23.3 Å². The van der Waals surface area contributed by atoms with E-state index in [1.807, 2.05) is 5.43 Å². The molecular formula is C9H8N3O5-. The molecule has 8 heteroatoms. The van der Waals surface area contributed by atoms with Gasteiger partial charge in [0.1, 0.15) is 0 Å². The maximum Gasteiger partial charge on any atom is 0.427 e. The summed E-state index contributed by atoms with van der Waals surface area (Å²) in [7, 11) is 1.14. The van der Waals surface area contributed by atoms with Crippen LogP contribution < -0.4 is 10.5 Å². The third-order valence-corrected chi connectivity index (χ3v) is 1.74. The Morgan fingerprint density at radius 3 is 2.88 bits per heavy atom. The van der Waals surface area contributed by atoms with Gasteiger partial charge < -0.3 is 9.84 Å². The zero-order valence-electron chi connectivity index (χ0n) is 8.75. The second-order valence-electron chi connectivity index (χ2n) is 2.84. The Bertz CT molecular complexity index is 472. The lowest BCUT2D eigenvalue weighted by molar-refractivity contribution is -0.385. The molecule has 0 fully saturated rings. The molecule has 1 aromatic carbocycles. The van der Waals surface area contributed by atoms with Crippen molar-refractivity contribution in [2.75, 3.05) is 7.11 Å². The van der Waals surface area contributed by atoms with Crippen LogP contribution in [0, 0.1) is 10.1 Å². The molecular weight excluding hydrogens is 230 g/mol. The van der Waals surface area contributed by atoms with Crippen LogP contribution in [0.2, 0.25) is 0 Å². The summed E-state index contributed by atoms with van der Waals surface area (Å²) in [6.07, 6.45) is 0.179. The number of nitrogens with zero attached hydrogens (tertiary/aromatic N) is 2. The quantitative estimate of drug-likeness (QED) is 0.463. The number of carbonyl (C=O) groups excluding carboxylic acids is 1. The second-order valence-corrected chi connectivity index (χ2v) is 2.84. The zero-order chi connectivity index (χ0) is 12.8. The van der Waals surface area contributed by atoms with Crippen LogP contribution in [-0.2, 0) is 4.74 Å². The third-order valence-electron chi connectivity index (χ3n) is 1.74. The van der Waals surface area contributed by atoms with Crippen molar-refractivity contribution in [3.63, 3.8) is 0 Å². The smallest absolute Gasteiger partial charge is 0.427 e. The van der Waals surface area contributed by atoms with E-state index in [0.717, 1.165) is 31.5 Å². The number of hydrogen-bond donors (Lipinski definition) is 1. The number of amides is 1. The summed E-state index contributed by atoms with van der Waals surface area (Å²) in [4.78, 5) is 20.6. The van der Waals surface area contributed by atoms with Crippen LogP contribution in [0.3, 0.4) is 0 Å². The van der Waals surface area contributed by atoms with Crippen molar-refractivity contribution in [1.82, 2.24) is 5.43 Å². The van der Waals surface area contributed by atoms with Crippen molar-refractivity contribution < 1.29 is 19.6 Å². The number of hydrogen-bond acceptors (Lipinski definition) is 6. The van der Waals surface area contributed by atoms with E-state index in [0.29, 0.717) is 0 Å². The maximum absolute atomic E-state index is 11.0. The number of hydrazone groups is 1. The third kappa shape index (κ3) is 3.45. The number of nitro groups is 1. The Balaban J connectivity index is 2.92. The van der Waals surface area contributed by atoms with Gasteiger partial charge in [-0.15, -0.1) is 5.75 Å². The molecule has 0 radical (unpaired) electrons. The average Bonchev–Trinajstić information content (AvgIpc) is 2.28. The lowest BCUT2D eigenvalue weighted by atomic mass is 10.2. The second kappa shape index (κ2) is 5.45. The number of ether oxygens (including phenoxy) is 1. The highest BCUT2D eigenvalue weighted by Crippen LogP contribution is 2.19. The predicted octanol–water partition coefficient (Wildman–Crippen LogP) is 0.358. The topological polar surface area (TPSA) is 117 Å². The molecule has 0 spiro atoms. The first-order valence-electron chi connectivity index (χ1n) is 4.37. The molecule has 0 bridgehead atoms. The lowest BCUT2D eigenvalue weighted by Gasteiger charge is -2.05. The van der Waals surface area contributed by atoms with E-state index in [1.165, 1.54) is 0 Å². The Kier molecular flexibility index (Phi) is 3.98. The van der Waals surface area contributed by atoms with Crippen LogP contribution in [0.4, 0.5) is 10.5 Å². The Morgan fingerprint density at radius 2 is 2.29 bits per heavy atom. The molecule has 1 aromatic rings. The fraction of sp³-hybridized carbons (Fsp3) is 0.111. The summed E-state index contributed by atoms with van der Waals surface area (Å²) >= 11 is 0. The van der Waals surface area contributed by atoms with E-state index < -0.39 is 16.8 Å². The molecule has 1 rings (SSSR count). The van der Waals surface area contributed by atoms with Gasteiger partial charge >= 0.3 is 6.09 Å². The molecule has 17 heavy (non-hydrogen) atoms. The standard InChI is InChI=1S/C9H9N3O5/c1-17-9(14)11-10-5-6-4-7(13)2-3-8(6)12(15)16/h2-5,13H,1H3,(H,11,14)/p-1/b10-5-. The van der Waals surface area contributed by atoms with E-state index in [9.17, 15) is 20.0 Å². The maximum atomic E-state index is 11.0. The van der Waals surface area contributed by atoms with Gasteiger partial charge in [-0.25, -0.2) is 10.2 Å². The zero-order valence-corrected chi connectivity index (χ0v) is 8.75.